The van der Waals surface area contributed by atoms with Crippen molar-refractivity contribution < 1.29 is 0 Å². The minimum Gasteiger partial charge on any atom is -0.353 e. The highest BCUT2D eigenvalue weighted by Crippen LogP contribution is 2.20. The normalized spacial score (nSPS) is 14.8. The summed E-state index contributed by atoms with van der Waals surface area (Å²) >= 11 is 1.56. The molecular formula is C16H18N8S. The van der Waals surface area contributed by atoms with Gasteiger partial charge >= 0.3 is 0 Å². The molecule has 4 heterocycles. The molecule has 128 valence electrons. The fourth-order valence-corrected chi connectivity index (χ4v) is 3.16. The first kappa shape index (κ1) is 15.8. The summed E-state index contributed by atoms with van der Waals surface area (Å²) in [5.74, 6) is 2.68. The molecule has 0 unspecified atom stereocenters. The SMILES string of the molecule is CSc1nccc(N2CCN(c3cc(-n4cccn4)ncn3)CC2)n1. The van der Waals surface area contributed by atoms with E-state index in [-0.39, 0.29) is 0 Å². The Hall–Kier alpha value is -2.68. The molecule has 1 aliphatic rings. The molecule has 0 radical (unpaired) electrons. The van der Waals surface area contributed by atoms with Gasteiger partial charge < -0.3 is 9.80 Å². The standard InChI is InChI=1S/C16H18N8S/c1-25-16-17-5-3-13(21-16)22-7-9-23(10-8-22)14-11-15(19-12-18-14)24-6-2-4-20-24/h2-6,11-12H,7-10H2,1H3. The van der Waals surface area contributed by atoms with Gasteiger partial charge in [-0.05, 0) is 18.4 Å². The zero-order valence-electron chi connectivity index (χ0n) is 13.9. The summed E-state index contributed by atoms with van der Waals surface area (Å²) in [4.78, 5) is 22.1. The zero-order valence-corrected chi connectivity index (χ0v) is 14.7. The molecule has 0 amide bonds. The van der Waals surface area contributed by atoms with Crippen molar-refractivity contribution in [3.05, 3.63) is 43.1 Å². The van der Waals surface area contributed by atoms with Gasteiger partial charge in [0, 0.05) is 50.8 Å². The predicted molar refractivity (Wildman–Crippen MR) is 97.4 cm³/mol. The highest BCUT2D eigenvalue weighted by atomic mass is 32.2. The van der Waals surface area contributed by atoms with Crippen molar-refractivity contribution >= 4 is 23.4 Å². The molecule has 9 heteroatoms. The summed E-state index contributed by atoms with van der Waals surface area (Å²) in [5, 5.41) is 5.03. The molecule has 0 aliphatic carbocycles. The Morgan fingerprint density at radius 2 is 1.68 bits per heavy atom. The van der Waals surface area contributed by atoms with Crippen LogP contribution in [0, 0.1) is 0 Å². The van der Waals surface area contributed by atoms with Crippen molar-refractivity contribution in [3.8, 4) is 5.82 Å². The Kier molecular flexibility index (Phi) is 4.47. The molecule has 0 N–H and O–H groups in total. The highest BCUT2D eigenvalue weighted by Gasteiger charge is 2.20. The zero-order chi connectivity index (χ0) is 17.1. The van der Waals surface area contributed by atoms with Crippen LogP contribution in [0.1, 0.15) is 0 Å². The summed E-state index contributed by atoms with van der Waals surface area (Å²) in [5.41, 5.74) is 0. The molecule has 0 spiro atoms. The van der Waals surface area contributed by atoms with Gasteiger partial charge in [0.25, 0.3) is 0 Å². The highest BCUT2D eigenvalue weighted by molar-refractivity contribution is 7.98. The van der Waals surface area contributed by atoms with Gasteiger partial charge in [-0.1, -0.05) is 11.8 Å². The van der Waals surface area contributed by atoms with Crippen LogP contribution in [0.25, 0.3) is 5.82 Å². The number of piperazine rings is 1. The second kappa shape index (κ2) is 7.06. The maximum atomic E-state index is 4.58. The lowest BCUT2D eigenvalue weighted by Crippen LogP contribution is -2.47. The Morgan fingerprint density at radius 1 is 0.920 bits per heavy atom. The van der Waals surface area contributed by atoms with Crippen molar-refractivity contribution in [1.29, 1.82) is 0 Å². The van der Waals surface area contributed by atoms with Crippen LogP contribution in [0.4, 0.5) is 11.6 Å². The average Bonchev–Trinajstić information content (AvgIpc) is 3.23. The Labute approximate surface area is 149 Å². The Morgan fingerprint density at radius 3 is 2.40 bits per heavy atom. The number of hydrogen-bond donors (Lipinski definition) is 0. The van der Waals surface area contributed by atoms with Crippen LogP contribution in [0.15, 0.2) is 48.3 Å². The second-order valence-electron chi connectivity index (χ2n) is 5.56. The first-order valence-corrected chi connectivity index (χ1v) is 9.25. The molecule has 3 aromatic heterocycles. The number of rotatable bonds is 4. The largest absolute Gasteiger partial charge is 0.353 e. The molecular weight excluding hydrogens is 336 g/mol. The second-order valence-corrected chi connectivity index (χ2v) is 6.33. The Balaban J connectivity index is 1.46. The van der Waals surface area contributed by atoms with Crippen LogP contribution in [0.3, 0.4) is 0 Å². The van der Waals surface area contributed by atoms with Gasteiger partial charge in [-0.2, -0.15) is 5.10 Å². The van der Waals surface area contributed by atoms with Gasteiger partial charge in [-0.25, -0.2) is 24.6 Å². The molecule has 0 aromatic carbocycles. The molecule has 25 heavy (non-hydrogen) atoms. The maximum Gasteiger partial charge on any atom is 0.189 e. The number of nitrogens with zero attached hydrogens (tertiary/aromatic N) is 8. The van der Waals surface area contributed by atoms with Gasteiger partial charge in [0.15, 0.2) is 11.0 Å². The van der Waals surface area contributed by atoms with E-state index in [0.29, 0.717) is 0 Å². The molecule has 0 atom stereocenters. The van der Waals surface area contributed by atoms with E-state index in [1.807, 2.05) is 36.8 Å². The molecule has 0 bridgehead atoms. The van der Waals surface area contributed by atoms with Gasteiger partial charge in [0.05, 0.1) is 0 Å². The maximum absolute atomic E-state index is 4.58. The molecule has 4 rings (SSSR count). The third-order valence-corrected chi connectivity index (χ3v) is 4.67. The van der Waals surface area contributed by atoms with Crippen molar-refractivity contribution in [3.63, 3.8) is 0 Å². The topological polar surface area (TPSA) is 75.9 Å². The third kappa shape index (κ3) is 3.41. The number of aromatic nitrogens is 6. The van der Waals surface area contributed by atoms with E-state index in [1.54, 1.807) is 29.0 Å². The number of anilines is 2. The fourth-order valence-electron chi connectivity index (χ4n) is 2.81. The predicted octanol–water partition coefficient (Wildman–Crippen LogP) is 1.50. The van der Waals surface area contributed by atoms with Crippen LogP contribution < -0.4 is 9.80 Å². The van der Waals surface area contributed by atoms with Gasteiger partial charge in [-0.15, -0.1) is 0 Å². The molecule has 1 saturated heterocycles. The lowest BCUT2D eigenvalue weighted by atomic mass is 10.3. The minimum absolute atomic E-state index is 0.776. The fraction of sp³-hybridized carbons (Fsp3) is 0.312. The van der Waals surface area contributed by atoms with E-state index in [4.69, 9.17) is 0 Å². The van der Waals surface area contributed by atoms with Crippen molar-refractivity contribution in [2.75, 3.05) is 42.2 Å². The molecule has 1 aliphatic heterocycles. The summed E-state index contributed by atoms with van der Waals surface area (Å²) in [6.45, 7) is 3.56. The van der Waals surface area contributed by atoms with Gasteiger partial charge in [0.2, 0.25) is 0 Å². The van der Waals surface area contributed by atoms with E-state index in [9.17, 15) is 0 Å². The third-order valence-electron chi connectivity index (χ3n) is 4.11. The van der Waals surface area contributed by atoms with Gasteiger partial charge in [-0.3, -0.25) is 0 Å². The van der Waals surface area contributed by atoms with Gasteiger partial charge in [0.1, 0.15) is 18.0 Å². The minimum atomic E-state index is 0.776. The first-order valence-electron chi connectivity index (χ1n) is 8.02. The van der Waals surface area contributed by atoms with Crippen LogP contribution in [0.5, 0.6) is 0 Å². The molecule has 0 saturated carbocycles. The molecule has 3 aromatic rings. The number of thioether (sulfide) groups is 1. The van der Waals surface area contributed by atoms with Crippen LogP contribution >= 0.6 is 11.8 Å². The summed E-state index contributed by atoms with van der Waals surface area (Å²) in [6.07, 6.45) is 9.02. The number of hydrogen-bond acceptors (Lipinski definition) is 8. The van der Waals surface area contributed by atoms with E-state index < -0.39 is 0 Å². The lowest BCUT2D eigenvalue weighted by molar-refractivity contribution is 0.636. The van der Waals surface area contributed by atoms with Crippen molar-refractivity contribution in [1.82, 2.24) is 29.7 Å². The first-order chi connectivity index (χ1) is 12.3. The average molecular weight is 354 g/mol. The van der Waals surface area contributed by atoms with E-state index >= 15 is 0 Å². The van der Waals surface area contributed by atoms with Crippen LogP contribution in [0.2, 0.25) is 0 Å². The van der Waals surface area contributed by atoms with E-state index in [2.05, 4.69) is 34.8 Å². The van der Waals surface area contributed by atoms with Crippen molar-refractivity contribution in [2.24, 2.45) is 0 Å². The summed E-state index contributed by atoms with van der Waals surface area (Å²) < 4.78 is 1.74. The van der Waals surface area contributed by atoms with Crippen molar-refractivity contribution in [2.45, 2.75) is 5.16 Å². The van der Waals surface area contributed by atoms with E-state index in [0.717, 1.165) is 48.8 Å². The molecule has 1 fully saturated rings. The smallest absolute Gasteiger partial charge is 0.189 e. The molecule has 8 nitrogen and oxygen atoms in total. The van der Waals surface area contributed by atoms with Crippen LogP contribution in [-0.2, 0) is 0 Å². The van der Waals surface area contributed by atoms with Crippen LogP contribution in [-0.4, -0.2) is 62.2 Å². The van der Waals surface area contributed by atoms with E-state index in [1.165, 1.54) is 0 Å². The lowest BCUT2D eigenvalue weighted by Gasteiger charge is -2.36. The Bertz CT molecular complexity index is 830. The monoisotopic (exact) mass is 354 g/mol. The quantitative estimate of drug-likeness (QED) is 0.515. The summed E-state index contributed by atoms with van der Waals surface area (Å²) in [6, 6.07) is 5.82. The summed E-state index contributed by atoms with van der Waals surface area (Å²) in [7, 11) is 0.